The van der Waals surface area contributed by atoms with E-state index < -0.39 is 5.41 Å². The maximum absolute atomic E-state index is 6.07. The number of ether oxygens (including phenoxy) is 2. The normalized spacial score (nSPS) is 20.7. The van der Waals surface area contributed by atoms with Gasteiger partial charge >= 0.3 is 0 Å². The van der Waals surface area contributed by atoms with Crippen molar-refractivity contribution in [2.45, 2.75) is 25.7 Å². The van der Waals surface area contributed by atoms with Gasteiger partial charge in [0.05, 0.1) is 5.41 Å². The molecule has 36 heavy (non-hydrogen) atoms. The predicted octanol–water partition coefficient (Wildman–Crippen LogP) is 7.52. The predicted molar refractivity (Wildman–Crippen MR) is 152 cm³/mol. The molecule has 2 atom stereocenters. The Morgan fingerprint density at radius 1 is 0.583 bits per heavy atom. The van der Waals surface area contributed by atoms with Crippen LogP contribution in [0.15, 0.2) is 107 Å². The SMILES string of the molecule is c1ccc2c(c1)Sc1ccccc1C2(c1ccc(OCC2CS2)cc1)c1ccc(OCC2CS2)cc1. The second-order valence-corrected chi connectivity index (χ2v) is 13.2. The van der Waals surface area contributed by atoms with E-state index in [0.29, 0.717) is 10.5 Å². The van der Waals surface area contributed by atoms with E-state index >= 15 is 0 Å². The number of hydrogen-bond acceptors (Lipinski definition) is 5. The quantitative estimate of drug-likeness (QED) is 0.194. The lowest BCUT2D eigenvalue weighted by Gasteiger charge is -2.42. The van der Waals surface area contributed by atoms with E-state index in [0.717, 1.165) is 24.7 Å². The Balaban J connectivity index is 1.37. The van der Waals surface area contributed by atoms with Crippen molar-refractivity contribution in [1.29, 1.82) is 0 Å². The summed E-state index contributed by atoms with van der Waals surface area (Å²) in [6.07, 6.45) is 0. The average molecular weight is 527 g/mol. The molecule has 2 unspecified atom stereocenters. The Morgan fingerprint density at radius 2 is 1.00 bits per heavy atom. The maximum Gasteiger partial charge on any atom is 0.119 e. The van der Waals surface area contributed by atoms with E-state index in [1.165, 1.54) is 43.6 Å². The molecule has 0 spiro atoms. The Bertz CT molecular complexity index is 1270. The van der Waals surface area contributed by atoms with Gasteiger partial charge in [-0.1, -0.05) is 72.4 Å². The van der Waals surface area contributed by atoms with E-state index in [9.17, 15) is 0 Å². The highest BCUT2D eigenvalue weighted by atomic mass is 32.2. The van der Waals surface area contributed by atoms with Gasteiger partial charge in [0.15, 0.2) is 0 Å². The van der Waals surface area contributed by atoms with Crippen molar-refractivity contribution in [3.05, 3.63) is 119 Å². The molecule has 3 aliphatic heterocycles. The minimum Gasteiger partial charge on any atom is -0.492 e. The first kappa shape index (κ1) is 22.7. The van der Waals surface area contributed by atoms with Gasteiger partial charge in [-0.2, -0.15) is 23.5 Å². The maximum atomic E-state index is 6.07. The Morgan fingerprint density at radius 3 is 1.42 bits per heavy atom. The van der Waals surface area contributed by atoms with Crippen LogP contribution in [0.3, 0.4) is 0 Å². The average Bonchev–Trinajstić information content (AvgIpc) is 3.86. The Labute approximate surface area is 225 Å². The number of hydrogen-bond donors (Lipinski definition) is 0. The summed E-state index contributed by atoms with van der Waals surface area (Å²) in [4.78, 5) is 2.60. The van der Waals surface area contributed by atoms with E-state index in [1.807, 2.05) is 35.3 Å². The third-order valence-corrected chi connectivity index (χ3v) is 10.1. The van der Waals surface area contributed by atoms with Crippen molar-refractivity contribution in [1.82, 2.24) is 0 Å². The molecule has 180 valence electrons. The molecule has 4 aromatic rings. The molecule has 0 bridgehead atoms. The van der Waals surface area contributed by atoms with Crippen LogP contribution >= 0.6 is 35.3 Å². The van der Waals surface area contributed by atoms with Gasteiger partial charge in [0.25, 0.3) is 0 Å². The molecule has 5 heteroatoms. The van der Waals surface area contributed by atoms with E-state index in [2.05, 4.69) is 97.1 Å². The number of rotatable bonds is 8. The van der Waals surface area contributed by atoms with E-state index in [4.69, 9.17) is 9.47 Å². The van der Waals surface area contributed by atoms with Crippen molar-refractivity contribution in [2.24, 2.45) is 0 Å². The second-order valence-electron chi connectivity index (χ2n) is 9.43. The molecule has 4 aromatic carbocycles. The minimum absolute atomic E-state index is 0.422. The standard InChI is InChI=1S/C31H26O2S3/c1-3-7-29-27(5-1)31(28-6-2-4-8-30(28)36-29,21-9-13-23(14-10-21)32-17-25-19-34-25)22-11-15-24(16-12-22)33-18-26-20-35-26/h1-16,25-26H,17-20H2. The van der Waals surface area contributed by atoms with Crippen LogP contribution in [-0.2, 0) is 5.41 Å². The summed E-state index contributed by atoms with van der Waals surface area (Å²) < 4.78 is 12.1. The van der Waals surface area contributed by atoms with Crippen molar-refractivity contribution in [3.63, 3.8) is 0 Å². The molecule has 0 aliphatic carbocycles. The summed E-state index contributed by atoms with van der Waals surface area (Å²) in [5.74, 6) is 4.31. The monoisotopic (exact) mass is 526 g/mol. The largest absolute Gasteiger partial charge is 0.492 e. The zero-order valence-electron chi connectivity index (χ0n) is 19.8. The summed E-state index contributed by atoms with van der Waals surface area (Å²) in [7, 11) is 0. The first-order valence-electron chi connectivity index (χ1n) is 12.4. The van der Waals surface area contributed by atoms with E-state index in [-0.39, 0.29) is 0 Å². The van der Waals surface area contributed by atoms with Gasteiger partial charge in [-0.15, -0.1) is 0 Å². The lowest BCUT2D eigenvalue weighted by molar-refractivity contribution is 0.329. The van der Waals surface area contributed by atoms with Crippen LogP contribution in [-0.4, -0.2) is 35.2 Å². The third kappa shape index (κ3) is 4.21. The van der Waals surface area contributed by atoms with Crippen LogP contribution in [0.25, 0.3) is 0 Å². The molecule has 0 N–H and O–H groups in total. The molecule has 3 aliphatic rings. The fourth-order valence-electron chi connectivity index (χ4n) is 5.09. The van der Waals surface area contributed by atoms with Crippen LogP contribution in [0.2, 0.25) is 0 Å². The Kier molecular flexibility index (Phi) is 5.95. The molecule has 2 nitrogen and oxygen atoms in total. The highest BCUT2D eigenvalue weighted by molar-refractivity contribution is 8.07. The van der Waals surface area contributed by atoms with Gasteiger partial charge < -0.3 is 9.47 Å². The summed E-state index contributed by atoms with van der Waals surface area (Å²) >= 11 is 5.79. The third-order valence-electron chi connectivity index (χ3n) is 7.05. The molecule has 2 fully saturated rings. The highest BCUT2D eigenvalue weighted by Gasteiger charge is 2.44. The van der Waals surface area contributed by atoms with Crippen LogP contribution in [0, 0.1) is 0 Å². The number of thioether (sulfide) groups is 2. The van der Waals surface area contributed by atoms with Crippen LogP contribution in [0.4, 0.5) is 0 Å². The molecule has 3 heterocycles. The van der Waals surface area contributed by atoms with Gasteiger partial charge in [0, 0.05) is 31.8 Å². The van der Waals surface area contributed by atoms with Gasteiger partial charge in [-0.05, 0) is 58.7 Å². The summed E-state index contributed by atoms with van der Waals surface area (Å²) in [6, 6.07) is 35.3. The Hall–Kier alpha value is -2.47. The van der Waals surface area contributed by atoms with Gasteiger partial charge in [-0.3, -0.25) is 0 Å². The minimum atomic E-state index is -0.422. The lowest BCUT2D eigenvalue weighted by Crippen LogP contribution is -2.34. The number of benzene rings is 4. The summed E-state index contributed by atoms with van der Waals surface area (Å²) in [5.41, 5.74) is 4.71. The van der Waals surface area contributed by atoms with Crippen LogP contribution < -0.4 is 9.47 Å². The summed E-state index contributed by atoms with van der Waals surface area (Å²) in [5, 5.41) is 1.31. The van der Waals surface area contributed by atoms with Gasteiger partial charge in [-0.25, -0.2) is 0 Å². The molecule has 2 saturated heterocycles. The van der Waals surface area contributed by atoms with Crippen LogP contribution in [0.1, 0.15) is 22.3 Å². The topological polar surface area (TPSA) is 18.5 Å². The smallest absolute Gasteiger partial charge is 0.119 e. The molecule has 0 saturated carbocycles. The fraction of sp³-hybridized carbons (Fsp3) is 0.226. The van der Waals surface area contributed by atoms with Crippen LogP contribution in [0.5, 0.6) is 11.5 Å². The molecule has 0 amide bonds. The van der Waals surface area contributed by atoms with Gasteiger partial charge in [0.2, 0.25) is 0 Å². The van der Waals surface area contributed by atoms with Crippen molar-refractivity contribution in [3.8, 4) is 11.5 Å². The van der Waals surface area contributed by atoms with Crippen molar-refractivity contribution < 1.29 is 9.47 Å². The second kappa shape index (κ2) is 9.44. The summed E-state index contributed by atoms with van der Waals surface area (Å²) in [6.45, 7) is 1.58. The lowest BCUT2D eigenvalue weighted by atomic mass is 9.65. The fourth-order valence-corrected chi connectivity index (χ4v) is 7.08. The van der Waals surface area contributed by atoms with Crippen molar-refractivity contribution in [2.75, 3.05) is 24.7 Å². The highest BCUT2D eigenvalue weighted by Crippen LogP contribution is 2.55. The molecule has 0 aromatic heterocycles. The molecule has 7 rings (SSSR count). The molecular weight excluding hydrogens is 501 g/mol. The van der Waals surface area contributed by atoms with E-state index in [1.54, 1.807) is 0 Å². The zero-order valence-corrected chi connectivity index (χ0v) is 22.2. The van der Waals surface area contributed by atoms with Gasteiger partial charge in [0.1, 0.15) is 24.7 Å². The first-order valence-corrected chi connectivity index (χ1v) is 15.3. The molecule has 0 radical (unpaired) electrons. The van der Waals surface area contributed by atoms with Crippen molar-refractivity contribution >= 4 is 35.3 Å². The molecular formula is C31H26O2S3. The zero-order chi connectivity index (χ0) is 24.0. The number of fused-ring (bicyclic) bond motifs is 2. The first-order chi connectivity index (χ1) is 17.8.